The number of benzene rings is 2. The summed E-state index contributed by atoms with van der Waals surface area (Å²) in [5.41, 5.74) is 2.13. The Labute approximate surface area is 193 Å². The van der Waals surface area contributed by atoms with Crippen molar-refractivity contribution in [3.8, 4) is 0 Å². The molecule has 0 spiro atoms. The van der Waals surface area contributed by atoms with E-state index in [1.165, 1.54) is 16.8 Å². The molecule has 1 aliphatic rings. The number of hydrogen-bond acceptors (Lipinski definition) is 4. The number of pyridine rings is 1. The Morgan fingerprint density at radius 1 is 0.939 bits per heavy atom. The third kappa shape index (κ3) is 5.56. The molecule has 2 aromatic carbocycles. The standard InChI is InChI=1S/C26H28N4O3/c1-28-14-15-30(23(18-28)21-10-6-3-7-11-21)26(33)22-12-13-25(32)29(17-22)19-24(31)27-16-20-8-4-2-5-9-20/h2-13,17,23H,14-16,18-19H2,1H3,(H,27,31)/t23-/m1/s1. The van der Waals surface area contributed by atoms with Crippen LogP contribution in [0.5, 0.6) is 0 Å². The summed E-state index contributed by atoms with van der Waals surface area (Å²) in [4.78, 5) is 42.3. The summed E-state index contributed by atoms with van der Waals surface area (Å²) in [7, 11) is 2.05. The zero-order chi connectivity index (χ0) is 23.2. The molecule has 3 aromatic rings. The third-order valence-electron chi connectivity index (χ3n) is 5.91. The molecule has 0 bridgehead atoms. The molecular formula is C26H28N4O3. The number of hydrogen-bond donors (Lipinski definition) is 1. The second-order valence-corrected chi connectivity index (χ2v) is 8.33. The number of piperazine rings is 1. The Morgan fingerprint density at radius 3 is 2.36 bits per heavy atom. The van der Waals surface area contributed by atoms with Crippen LogP contribution in [0.15, 0.2) is 83.8 Å². The van der Waals surface area contributed by atoms with Crippen LogP contribution in [0.2, 0.25) is 0 Å². The molecule has 4 rings (SSSR count). The monoisotopic (exact) mass is 444 g/mol. The van der Waals surface area contributed by atoms with Crippen molar-refractivity contribution in [1.29, 1.82) is 0 Å². The molecular weight excluding hydrogens is 416 g/mol. The van der Waals surface area contributed by atoms with Gasteiger partial charge >= 0.3 is 0 Å². The zero-order valence-electron chi connectivity index (χ0n) is 18.7. The van der Waals surface area contributed by atoms with Crippen LogP contribution < -0.4 is 10.9 Å². The van der Waals surface area contributed by atoms with Gasteiger partial charge in [-0.3, -0.25) is 14.4 Å². The number of nitrogens with one attached hydrogen (secondary N) is 1. The number of carbonyl (C=O) groups is 2. The van der Waals surface area contributed by atoms with E-state index in [1.807, 2.05) is 72.6 Å². The highest BCUT2D eigenvalue weighted by Gasteiger charge is 2.31. The lowest BCUT2D eigenvalue weighted by molar-refractivity contribution is -0.121. The van der Waals surface area contributed by atoms with Gasteiger partial charge in [-0.05, 0) is 24.2 Å². The van der Waals surface area contributed by atoms with Crippen molar-refractivity contribution < 1.29 is 9.59 Å². The molecule has 1 atom stereocenters. The van der Waals surface area contributed by atoms with Crippen LogP contribution in [0.4, 0.5) is 0 Å². The Morgan fingerprint density at radius 2 is 1.64 bits per heavy atom. The molecule has 1 N–H and O–H groups in total. The summed E-state index contributed by atoms with van der Waals surface area (Å²) in [5.74, 6) is -0.428. The van der Waals surface area contributed by atoms with Crippen molar-refractivity contribution in [2.45, 2.75) is 19.1 Å². The summed E-state index contributed by atoms with van der Waals surface area (Å²) >= 11 is 0. The fourth-order valence-corrected chi connectivity index (χ4v) is 4.08. The van der Waals surface area contributed by atoms with Gasteiger partial charge in [-0.2, -0.15) is 0 Å². The first-order chi connectivity index (χ1) is 16.0. The number of amides is 2. The second kappa shape index (κ2) is 10.3. The molecule has 0 aliphatic carbocycles. The van der Waals surface area contributed by atoms with E-state index in [9.17, 15) is 14.4 Å². The maximum absolute atomic E-state index is 13.4. The van der Waals surface area contributed by atoms with Crippen LogP contribution in [0.1, 0.15) is 27.5 Å². The zero-order valence-corrected chi connectivity index (χ0v) is 18.7. The average molecular weight is 445 g/mol. The van der Waals surface area contributed by atoms with E-state index >= 15 is 0 Å². The van der Waals surface area contributed by atoms with Crippen molar-refractivity contribution in [3.05, 3.63) is 106 Å². The molecule has 1 fully saturated rings. The SMILES string of the molecule is CN1CCN(C(=O)c2ccc(=O)n(CC(=O)NCc3ccccc3)c2)[C@@H](c2ccccc2)C1. The Kier molecular flexibility index (Phi) is 7.00. The van der Waals surface area contributed by atoms with Crippen LogP contribution in [-0.4, -0.2) is 52.9 Å². The van der Waals surface area contributed by atoms with Gasteiger partial charge in [0.25, 0.3) is 11.5 Å². The van der Waals surface area contributed by atoms with Gasteiger partial charge in [0.2, 0.25) is 5.91 Å². The van der Waals surface area contributed by atoms with E-state index in [2.05, 4.69) is 10.2 Å². The minimum atomic E-state index is -0.320. The molecule has 1 aromatic heterocycles. The van der Waals surface area contributed by atoms with Gasteiger partial charge in [0.05, 0.1) is 11.6 Å². The highest BCUT2D eigenvalue weighted by molar-refractivity contribution is 5.94. The fraction of sp³-hybridized carbons (Fsp3) is 0.269. The quantitative estimate of drug-likeness (QED) is 0.633. The number of carbonyl (C=O) groups excluding carboxylic acids is 2. The van der Waals surface area contributed by atoms with E-state index < -0.39 is 0 Å². The highest BCUT2D eigenvalue weighted by atomic mass is 16.2. The van der Waals surface area contributed by atoms with Gasteiger partial charge < -0.3 is 19.7 Å². The van der Waals surface area contributed by atoms with Crippen molar-refractivity contribution >= 4 is 11.8 Å². The minimum Gasteiger partial charge on any atom is -0.350 e. The molecule has 2 heterocycles. The van der Waals surface area contributed by atoms with Gasteiger partial charge in [0.15, 0.2) is 0 Å². The number of rotatable bonds is 6. The van der Waals surface area contributed by atoms with Crippen molar-refractivity contribution in [2.24, 2.45) is 0 Å². The van der Waals surface area contributed by atoms with Crippen molar-refractivity contribution in [3.63, 3.8) is 0 Å². The van der Waals surface area contributed by atoms with Crippen LogP contribution in [0.25, 0.3) is 0 Å². The maximum atomic E-state index is 13.4. The van der Waals surface area contributed by atoms with Gasteiger partial charge in [0, 0.05) is 38.4 Å². The maximum Gasteiger partial charge on any atom is 0.255 e. The molecule has 0 unspecified atom stereocenters. The predicted octanol–water partition coefficient (Wildman–Crippen LogP) is 2.29. The molecule has 1 saturated heterocycles. The average Bonchev–Trinajstić information content (AvgIpc) is 2.85. The number of likely N-dealkylation sites (N-methyl/N-ethyl adjacent to an activating group) is 1. The molecule has 33 heavy (non-hydrogen) atoms. The number of nitrogens with zero attached hydrogens (tertiary/aromatic N) is 3. The number of aromatic nitrogens is 1. The first kappa shape index (κ1) is 22.5. The summed E-state index contributed by atoms with van der Waals surface area (Å²) in [6, 6.07) is 22.4. The molecule has 170 valence electrons. The van der Waals surface area contributed by atoms with Gasteiger partial charge in [-0.1, -0.05) is 60.7 Å². The van der Waals surface area contributed by atoms with Crippen LogP contribution in [-0.2, 0) is 17.9 Å². The largest absolute Gasteiger partial charge is 0.350 e. The molecule has 7 nitrogen and oxygen atoms in total. The Bertz CT molecular complexity index is 1160. The Balaban J connectivity index is 1.49. The normalized spacial score (nSPS) is 16.4. The Hall–Kier alpha value is -3.71. The van der Waals surface area contributed by atoms with E-state index in [0.29, 0.717) is 18.7 Å². The van der Waals surface area contributed by atoms with Crippen molar-refractivity contribution in [2.75, 3.05) is 26.7 Å². The fourth-order valence-electron chi connectivity index (χ4n) is 4.08. The molecule has 2 amide bonds. The minimum absolute atomic E-state index is 0.0769. The van der Waals surface area contributed by atoms with Crippen LogP contribution in [0.3, 0.4) is 0 Å². The molecule has 1 aliphatic heterocycles. The van der Waals surface area contributed by atoms with E-state index in [1.54, 1.807) is 6.07 Å². The first-order valence-corrected chi connectivity index (χ1v) is 11.1. The highest BCUT2D eigenvalue weighted by Crippen LogP contribution is 2.26. The van der Waals surface area contributed by atoms with Gasteiger partial charge in [-0.15, -0.1) is 0 Å². The summed E-state index contributed by atoms with van der Waals surface area (Å²) in [5, 5.41) is 2.82. The molecule has 0 saturated carbocycles. The van der Waals surface area contributed by atoms with E-state index in [-0.39, 0.29) is 30.0 Å². The predicted molar refractivity (Wildman–Crippen MR) is 127 cm³/mol. The summed E-state index contributed by atoms with van der Waals surface area (Å²) in [6.45, 7) is 2.34. The van der Waals surface area contributed by atoms with Gasteiger partial charge in [0.1, 0.15) is 6.54 Å². The summed E-state index contributed by atoms with van der Waals surface area (Å²) in [6.07, 6.45) is 1.49. The lowest BCUT2D eigenvalue weighted by Gasteiger charge is -2.40. The van der Waals surface area contributed by atoms with Crippen molar-refractivity contribution in [1.82, 2.24) is 19.7 Å². The third-order valence-corrected chi connectivity index (χ3v) is 5.91. The lowest BCUT2D eigenvalue weighted by Crippen LogP contribution is -2.49. The topological polar surface area (TPSA) is 74.7 Å². The smallest absolute Gasteiger partial charge is 0.255 e. The van der Waals surface area contributed by atoms with Crippen LogP contribution >= 0.6 is 0 Å². The van der Waals surface area contributed by atoms with Gasteiger partial charge in [-0.25, -0.2) is 0 Å². The molecule has 0 radical (unpaired) electrons. The van der Waals surface area contributed by atoms with Crippen LogP contribution in [0, 0.1) is 0 Å². The molecule has 7 heteroatoms. The summed E-state index contributed by atoms with van der Waals surface area (Å²) < 4.78 is 1.29. The second-order valence-electron chi connectivity index (χ2n) is 8.33. The van der Waals surface area contributed by atoms with E-state index in [0.717, 1.165) is 24.2 Å². The van der Waals surface area contributed by atoms with E-state index in [4.69, 9.17) is 0 Å². The first-order valence-electron chi connectivity index (χ1n) is 11.1. The lowest BCUT2D eigenvalue weighted by atomic mass is 10.0.